The highest BCUT2D eigenvalue weighted by Gasteiger charge is 2.27. The number of rotatable bonds is 6. The number of aliphatic imine (C=N–C) groups is 1. The smallest absolute Gasteiger partial charge is 0.227 e. The highest BCUT2D eigenvalue weighted by atomic mass is 127. The highest BCUT2D eigenvalue weighted by molar-refractivity contribution is 14.0. The number of carbonyl (C=O) groups is 1. The molecule has 1 unspecified atom stereocenters. The molecular formula is C16H30IN7O. The van der Waals surface area contributed by atoms with E-state index >= 15 is 0 Å². The van der Waals surface area contributed by atoms with Gasteiger partial charge in [0, 0.05) is 25.6 Å². The second kappa shape index (κ2) is 9.93. The molecule has 2 heterocycles. The molecule has 2 rings (SSSR count). The zero-order valence-electron chi connectivity index (χ0n) is 15.5. The van der Waals surface area contributed by atoms with Crippen molar-refractivity contribution in [2.45, 2.75) is 53.1 Å². The molecule has 0 radical (unpaired) electrons. The molecule has 0 bridgehead atoms. The van der Waals surface area contributed by atoms with Crippen molar-refractivity contribution in [3.05, 3.63) is 12.2 Å². The van der Waals surface area contributed by atoms with Gasteiger partial charge >= 0.3 is 0 Å². The van der Waals surface area contributed by atoms with Crippen LogP contribution in [0.15, 0.2) is 11.3 Å². The lowest BCUT2D eigenvalue weighted by atomic mass is 9.92. The first kappa shape index (κ1) is 21.7. The van der Waals surface area contributed by atoms with Gasteiger partial charge in [0.15, 0.2) is 5.96 Å². The van der Waals surface area contributed by atoms with Crippen molar-refractivity contribution in [3.8, 4) is 0 Å². The number of amides is 1. The van der Waals surface area contributed by atoms with Crippen LogP contribution < -0.4 is 16.0 Å². The minimum atomic E-state index is -0.538. The molecule has 9 heteroatoms. The molecule has 1 aromatic heterocycles. The molecule has 25 heavy (non-hydrogen) atoms. The first-order valence-corrected chi connectivity index (χ1v) is 8.66. The summed E-state index contributed by atoms with van der Waals surface area (Å²) in [5, 5.41) is 13.8. The maximum atomic E-state index is 12.1. The Balaban J connectivity index is 0.00000312. The Kier molecular flexibility index (Phi) is 8.60. The number of hydrogen-bond acceptors (Lipinski definition) is 4. The van der Waals surface area contributed by atoms with Crippen LogP contribution in [-0.4, -0.2) is 52.3 Å². The lowest BCUT2D eigenvalue weighted by molar-refractivity contribution is -0.128. The summed E-state index contributed by atoms with van der Waals surface area (Å²) in [5.74, 6) is 1.80. The standard InChI is InChI=1S/C16H29N7O.HI/c1-5-17-14(24)16(3,4)10-19-15(18-6-2)22-12-7-8-13-20-11-21-23(13)9-12;/h11-12H,5-10H2,1-4H3,(H,17,24)(H2,18,19,22);1H. The van der Waals surface area contributed by atoms with Crippen molar-refractivity contribution in [1.29, 1.82) is 0 Å². The SMILES string of the molecule is CCNC(=O)C(C)(C)CN=C(NCC)NC1CCc2ncnn2C1.I. The molecular weight excluding hydrogens is 433 g/mol. The Morgan fingerprint density at radius 1 is 1.36 bits per heavy atom. The number of fused-ring (bicyclic) bond motifs is 1. The van der Waals surface area contributed by atoms with Crippen molar-refractivity contribution in [3.63, 3.8) is 0 Å². The summed E-state index contributed by atoms with van der Waals surface area (Å²) in [5.41, 5.74) is -0.538. The van der Waals surface area contributed by atoms with E-state index in [1.165, 1.54) is 0 Å². The van der Waals surface area contributed by atoms with E-state index in [4.69, 9.17) is 0 Å². The van der Waals surface area contributed by atoms with Crippen LogP contribution in [0.3, 0.4) is 0 Å². The molecule has 0 saturated heterocycles. The van der Waals surface area contributed by atoms with Crippen LogP contribution in [0.1, 0.15) is 39.9 Å². The fourth-order valence-corrected chi connectivity index (χ4v) is 2.62. The first-order valence-electron chi connectivity index (χ1n) is 8.66. The second-order valence-electron chi connectivity index (χ2n) is 6.68. The van der Waals surface area contributed by atoms with Crippen molar-refractivity contribution in [2.24, 2.45) is 10.4 Å². The van der Waals surface area contributed by atoms with Gasteiger partial charge in [-0.1, -0.05) is 0 Å². The van der Waals surface area contributed by atoms with E-state index in [-0.39, 0.29) is 35.9 Å². The number of guanidine groups is 1. The van der Waals surface area contributed by atoms with Crippen LogP contribution in [0.2, 0.25) is 0 Å². The first-order chi connectivity index (χ1) is 11.5. The van der Waals surface area contributed by atoms with E-state index in [2.05, 4.69) is 31.0 Å². The summed E-state index contributed by atoms with van der Waals surface area (Å²) in [4.78, 5) is 21.0. The van der Waals surface area contributed by atoms with Crippen molar-refractivity contribution < 1.29 is 4.79 Å². The third-order valence-corrected chi connectivity index (χ3v) is 4.07. The van der Waals surface area contributed by atoms with Gasteiger partial charge in [-0.15, -0.1) is 24.0 Å². The Bertz CT molecular complexity index is 585. The van der Waals surface area contributed by atoms with Crippen molar-refractivity contribution in [1.82, 2.24) is 30.7 Å². The number of aromatic nitrogens is 3. The number of carbonyl (C=O) groups excluding carboxylic acids is 1. The number of aryl methyl sites for hydroxylation is 1. The summed E-state index contributed by atoms with van der Waals surface area (Å²) in [6.45, 7) is 10.4. The molecule has 0 saturated carbocycles. The van der Waals surface area contributed by atoms with Gasteiger partial charge in [-0.25, -0.2) is 9.67 Å². The summed E-state index contributed by atoms with van der Waals surface area (Å²) >= 11 is 0. The summed E-state index contributed by atoms with van der Waals surface area (Å²) in [7, 11) is 0. The molecule has 1 aromatic rings. The van der Waals surface area contributed by atoms with Crippen LogP contribution in [-0.2, 0) is 17.8 Å². The summed E-state index contributed by atoms with van der Waals surface area (Å²) in [6, 6.07) is 0.254. The monoisotopic (exact) mass is 463 g/mol. The number of nitrogens with one attached hydrogen (secondary N) is 3. The largest absolute Gasteiger partial charge is 0.357 e. The maximum absolute atomic E-state index is 12.1. The number of hydrogen-bond donors (Lipinski definition) is 3. The average Bonchev–Trinajstić information content (AvgIpc) is 3.01. The van der Waals surface area contributed by atoms with Gasteiger partial charge in [-0.2, -0.15) is 5.10 Å². The van der Waals surface area contributed by atoms with Crippen molar-refractivity contribution in [2.75, 3.05) is 19.6 Å². The molecule has 142 valence electrons. The van der Waals surface area contributed by atoms with Gasteiger partial charge in [-0.3, -0.25) is 9.79 Å². The Hall–Kier alpha value is -1.39. The van der Waals surface area contributed by atoms with E-state index in [0.29, 0.717) is 13.1 Å². The molecule has 8 nitrogen and oxygen atoms in total. The Morgan fingerprint density at radius 2 is 2.08 bits per heavy atom. The second-order valence-corrected chi connectivity index (χ2v) is 6.68. The zero-order chi connectivity index (χ0) is 17.6. The molecule has 1 aliphatic heterocycles. The number of nitrogens with zero attached hydrogens (tertiary/aromatic N) is 4. The van der Waals surface area contributed by atoms with Gasteiger partial charge in [0.2, 0.25) is 5.91 Å². The topological polar surface area (TPSA) is 96.2 Å². The predicted octanol–water partition coefficient (Wildman–Crippen LogP) is 0.928. The molecule has 0 fully saturated rings. The summed E-state index contributed by atoms with van der Waals surface area (Å²) < 4.78 is 1.93. The molecule has 0 spiro atoms. The van der Waals surface area contributed by atoms with Crippen molar-refractivity contribution >= 4 is 35.8 Å². The summed E-state index contributed by atoms with van der Waals surface area (Å²) in [6.07, 6.45) is 3.50. The predicted molar refractivity (Wildman–Crippen MR) is 109 cm³/mol. The minimum absolute atomic E-state index is 0. The van der Waals surface area contributed by atoms with Gasteiger partial charge in [0.1, 0.15) is 12.2 Å². The average molecular weight is 463 g/mol. The molecule has 3 N–H and O–H groups in total. The van der Waals surface area contributed by atoms with E-state index in [1.807, 2.05) is 32.4 Å². The molecule has 1 amide bonds. The van der Waals surface area contributed by atoms with Gasteiger partial charge in [-0.05, 0) is 34.1 Å². The molecule has 1 aliphatic rings. The van der Waals surface area contributed by atoms with E-state index < -0.39 is 5.41 Å². The maximum Gasteiger partial charge on any atom is 0.227 e. The van der Waals surface area contributed by atoms with E-state index in [9.17, 15) is 4.79 Å². The minimum Gasteiger partial charge on any atom is -0.357 e. The van der Waals surface area contributed by atoms with E-state index in [0.717, 1.165) is 37.7 Å². The van der Waals surface area contributed by atoms with Crippen LogP contribution >= 0.6 is 24.0 Å². The lowest BCUT2D eigenvalue weighted by Crippen LogP contribution is -2.48. The quantitative estimate of drug-likeness (QED) is 0.332. The highest BCUT2D eigenvalue weighted by Crippen LogP contribution is 2.16. The van der Waals surface area contributed by atoms with Gasteiger partial charge in [0.05, 0.1) is 18.5 Å². The zero-order valence-corrected chi connectivity index (χ0v) is 17.8. The van der Waals surface area contributed by atoms with E-state index in [1.54, 1.807) is 6.33 Å². The number of halogens is 1. The molecule has 1 atom stereocenters. The van der Waals surface area contributed by atoms with Gasteiger partial charge in [0.25, 0.3) is 0 Å². The van der Waals surface area contributed by atoms with Crippen LogP contribution in [0, 0.1) is 5.41 Å². The fraction of sp³-hybridized carbons (Fsp3) is 0.750. The van der Waals surface area contributed by atoms with Crippen LogP contribution in [0.25, 0.3) is 0 Å². The van der Waals surface area contributed by atoms with Crippen LogP contribution in [0.5, 0.6) is 0 Å². The Labute approximate surface area is 166 Å². The molecule has 0 aliphatic carbocycles. The normalized spacial score (nSPS) is 17.3. The third kappa shape index (κ3) is 6.12. The third-order valence-electron chi connectivity index (χ3n) is 4.07. The molecule has 0 aromatic carbocycles. The van der Waals surface area contributed by atoms with Gasteiger partial charge < -0.3 is 16.0 Å². The van der Waals surface area contributed by atoms with Crippen LogP contribution in [0.4, 0.5) is 0 Å². The lowest BCUT2D eigenvalue weighted by Gasteiger charge is -2.26. The fourth-order valence-electron chi connectivity index (χ4n) is 2.62. The Morgan fingerprint density at radius 3 is 2.76 bits per heavy atom.